The average Bonchev–Trinajstić information content (AvgIpc) is 2.23. The molecule has 0 bridgehead atoms. The smallest absolute Gasteiger partial charge is 0.106 e. The summed E-state index contributed by atoms with van der Waals surface area (Å²) in [4.78, 5) is 14.4. The molecule has 8 heavy (non-hydrogen) atoms. The van der Waals surface area contributed by atoms with E-state index in [1.54, 1.807) is 18.7 Å². The van der Waals surface area contributed by atoms with Gasteiger partial charge in [-0.05, 0) is 0 Å². The normalized spacial score (nSPS) is 5.50. The molecule has 1 heterocycles. The monoisotopic (exact) mass is 115 g/mol. The van der Waals surface area contributed by atoms with Crippen LogP contribution in [0, 0.1) is 0 Å². The van der Waals surface area contributed by atoms with Gasteiger partial charge >= 0.3 is 0 Å². The molecule has 0 saturated heterocycles. The topological polar surface area (TPSA) is 80.8 Å². The number of aromatic amines is 1. The van der Waals surface area contributed by atoms with Gasteiger partial charge in [0.15, 0.2) is 0 Å². The molecule has 0 unspecified atom stereocenters. The summed E-state index contributed by atoms with van der Waals surface area (Å²) in [7, 11) is 0. The SMILES string of the molecule is C=O.N.c1c[nH]cn1. The largest absolute Gasteiger partial charge is 0.351 e. The van der Waals surface area contributed by atoms with Gasteiger partial charge in [0.05, 0.1) is 6.33 Å². The maximum atomic E-state index is 8.00. The molecule has 1 rings (SSSR count). The minimum absolute atomic E-state index is 0. The molecule has 0 saturated carbocycles. The van der Waals surface area contributed by atoms with Crippen molar-refractivity contribution in [1.82, 2.24) is 16.1 Å². The molecule has 46 valence electrons. The van der Waals surface area contributed by atoms with Crippen molar-refractivity contribution >= 4 is 6.79 Å². The molecule has 0 aliphatic heterocycles. The Labute approximate surface area is 47.5 Å². The molecule has 4 nitrogen and oxygen atoms in total. The Hall–Kier alpha value is -1.16. The highest BCUT2D eigenvalue weighted by molar-refractivity contribution is 5.10. The van der Waals surface area contributed by atoms with E-state index < -0.39 is 0 Å². The zero-order valence-electron chi connectivity index (χ0n) is 4.50. The van der Waals surface area contributed by atoms with E-state index in [-0.39, 0.29) is 6.15 Å². The van der Waals surface area contributed by atoms with Gasteiger partial charge in [0.1, 0.15) is 6.79 Å². The number of aromatic nitrogens is 2. The highest BCUT2D eigenvalue weighted by Gasteiger charge is 1.56. The fourth-order valence-electron chi connectivity index (χ4n) is 0.215. The Bertz CT molecular complexity index is 78.2. The summed E-state index contributed by atoms with van der Waals surface area (Å²) in [5, 5.41) is 0. The number of nitrogens with one attached hydrogen (secondary N) is 1. The van der Waals surface area contributed by atoms with Crippen LogP contribution < -0.4 is 6.15 Å². The van der Waals surface area contributed by atoms with Crippen molar-refractivity contribution < 1.29 is 4.79 Å². The van der Waals surface area contributed by atoms with E-state index in [1.165, 1.54) is 0 Å². The van der Waals surface area contributed by atoms with Gasteiger partial charge in [-0.3, -0.25) is 0 Å². The Morgan fingerprint density at radius 1 is 1.50 bits per heavy atom. The number of nitrogens with zero attached hydrogens (tertiary/aromatic N) is 1. The number of imidazole rings is 1. The van der Waals surface area contributed by atoms with Crippen LogP contribution in [0.4, 0.5) is 0 Å². The number of hydrogen-bond donors (Lipinski definition) is 2. The minimum Gasteiger partial charge on any atom is -0.351 e. The van der Waals surface area contributed by atoms with E-state index in [0.29, 0.717) is 0 Å². The van der Waals surface area contributed by atoms with Gasteiger partial charge in [-0.15, -0.1) is 0 Å². The minimum atomic E-state index is 0. The molecule has 0 aliphatic carbocycles. The first-order valence-corrected chi connectivity index (χ1v) is 1.72. The second kappa shape index (κ2) is 9.28. The third-order valence-corrected chi connectivity index (χ3v) is 0.406. The summed E-state index contributed by atoms with van der Waals surface area (Å²) >= 11 is 0. The standard InChI is InChI=1S/C3H4N2.CH2O.H3N/c1-2-5-3-4-1;1-2;/h1-3H,(H,4,5);1H2;1H3. The number of rotatable bonds is 0. The Balaban J connectivity index is 0. The molecule has 0 aliphatic rings. The zero-order chi connectivity index (χ0) is 5.54. The molecule has 0 spiro atoms. The Morgan fingerprint density at radius 2 is 2.12 bits per heavy atom. The van der Waals surface area contributed by atoms with Crippen LogP contribution >= 0.6 is 0 Å². The molecule has 0 aromatic carbocycles. The highest BCUT2D eigenvalue weighted by atomic mass is 16.1. The highest BCUT2D eigenvalue weighted by Crippen LogP contribution is 1.62. The summed E-state index contributed by atoms with van der Waals surface area (Å²) in [5.41, 5.74) is 0. The molecule has 4 N–H and O–H groups in total. The van der Waals surface area contributed by atoms with Gasteiger partial charge < -0.3 is 15.9 Å². The van der Waals surface area contributed by atoms with Crippen LogP contribution in [0.3, 0.4) is 0 Å². The van der Waals surface area contributed by atoms with Crippen molar-refractivity contribution in [3.63, 3.8) is 0 Å². The maximum absolute atomic E-state index is 8.00. The van der Waals surface area contributed by atoms with E-state index in [9.17, 15) is 0 Å². The third kappa shape index (κ3) is 4.84. The zero-order valence-corrected chi connectivity index (χ0v) is 4.50. The predicted octanol–water partition coefficient (Wildman–Crippen LogP) is 0.387. The van der Waals surface area contributed by atoms with Gasteiger partial charge in [0, 0.05) is 12.4 Å². The van der Waals surface area contributed by atoms with Crippen molar-refractivity contribution in [2.24, 2.45) is 0 Å². The second-order valence-corrected chi connectivity index (χ2v) is 0.761. The van der Waals surface area contributed by atoms with Crippen molar-refractivity contribution in [2.45, 2.75) is 0 Å². The third-order valence-electron chi connectivity index (χ3n) is 0.406. The molecule has 0 amide bonds. The lowest BCUT2D eigenvalue weighted by Gasteiger charge is -1.46. The first-order valence-electron chi connectivity index (χ1n) is 1.72. The van der Waals surface area contributed by atoms with E-state index in [1.807, 2.05) is 6.79 Å². The van der Waals surface area contributed by atoms with Crippen LogP contribution in [-0.4, -0.2) is 16.8 Å². The van der Waals surface area contributed by atoms with E-state index in [0.717, 1.165) is 0 Å². The molecular weight excluding hydrogens is 106 g/mol. The summed E-state index contributed by atoms with van der Waals surface area (Å²) in [6, 6.07) is 0. The molecule has 1 aromatic rings. The van der Waals surface area contributed by atoms with Gasteiger partial charge in [-0.1, -0.05) is 0 Å². The van der Waals surface area contributed by atoms with Crippen LogP contribution in [0.2, 0.25) is 0 Å². The summed E-state index contributed by atoms with van der Waals surface area (Å²) < 4.78 is 0. The van der Waals surface area contributed by atoms with E-state index >= 15 is 0 Å². The summed E-state index contributed by atoms with van der Waals surface area (Å²) in [5.74, 6) is 0. The van der Waals surface area contributed by atoms with Gasteiger partial charge in [0.2, 0.25) is 0 Å². The molecule has 0 radical (unpaired) electrons. The first kappa shape index (κ1) is 9.96. The molecule has 0 atom stereocenters. The number of carbonyl (C=O) groups excluding carboxylic acids is 1. The average molecular weight is 115 g/mol. The van der Waals surface area contributed by atoms with Crippen molar-refractivity contribution in [3.05, 3.63) is 18.7 Å². The lowest BCUT2D eigenvalue weighted by Crippen LogP contribution is -1.44. The first-order chi connectivity index (χ1) is 3.50. The lowest BCUT2D eigenvalue weighted by molar-refractivity contribution is -0.0979. The summed E-state index contributed by atoms with van der Waals surface area (Å²) in [6.07, 6.45) is 5.08. The van der Waals surface area contributed by atoms with Crippen LogP contribution in [0.25, 0.3) is 0 Å². The number of H-pyrrole nitrogens is 1. The molecule has 0 fully saturated rings. The lowest BCUT2D eigenvalue weighted by atomic mass is 11.0. The maximum Gasteiger partial charge on any atom is 0.106 e. The molecule has 1 aromatic heterocycles. The van der Waals surface area contributed by atoms with Crippen LogP contribution in [0.15, 0.2) is 18.7 Å². The molecular formula is C4H9N3O. The van der Waals surface area contributed by atoms with E-state index in [4.69, 9.17) is 4.79 Å². The Kier molecular flexibility index (Phi) is 11.5. The van der Waals surface area contributed by atoms with Crippen LogP contribution in [0.5, 0.6) is 0 Å². The van der Waals surface area contributed by atoms with Gasteiger partial charge in [-0.2, -0.15) is 0 Å². The van der Waals surface area contributed by atoms with E-state index in [2.05, 4.69) is 9.97 Å². The number of hydrogen-bond acceptors (Lipinski definition) is 3. The molecule has 4 heteroatoms. The number of carbonyl (C=O) groups is 1. The van der Waals surface area contributed by atoms with Gasteiger partial charge in [-0.25, -0.2) is 4.98 Å². The summed E-state index contributed by atoms with van der Waals surface area (Å²) in [6.45, 7) is 2.00. The van der Waals surface area contributed by atoms with Crippen molar-refractivity contribution in [2.75, 3.05) is 0 Å². The van der Waals surface area contributed by atoms with Crippen LogP contribution in [-0.2, 0) is 4.79 Å². The van der Waals surface area contributed by atoms with Crippen molar-refractivity contribution in [1.29, 1.82) is 0 Å². The van der Waals surface area contributed by atoms with Gasteiger partial charge in [0.25, 0.3) is 0 Å². The Morgan fingerprint density at radius 3 is 2.25 bits per heavy atom. The fraction of sp³-hybridized carbons (Fsp3) is 0. The quantitative estimate of drug-likeness (QED) is 0.513. The van der Waals surface area contributed by atoms with Crippen molar-refractivity contribution in [3.8, 4) is 0 Å². The van der Waals surface area contributed by atoms with Crippen LogP contribution in [0.1, 0.15) is 0 Å². The fourth-order valence-corrected chi connectivity index (χ4v) is 0.215. The second-order valence-electron chi connectivity index (χ2n) is 0.761. The predicted molar refractivity (Wildman–Crippen MR) is 30.7 cm³/mol.